The van der Waals surface area contributed by atoms with Crippen molar-refractivity contribution in [2.45, 2.75) is 20.3 Å². The molecule has 2 N–H and O–H groups in total. The first-order chi connectivity index (χ1) is 14.6. The fraction of sp³-hybridized carbons (Fsp3) is 0.458. The van der Waals surface area contributed by atoms with Crippen LogP contribution in [0.4, 0.5) is 21.9 Å². The topological polar surface area (TPSA) is 50.9 Å². The molecule has 0 radical (unpaired) electrons. The lowest BCUT2D eigenvalue weighted by atomic mass is 10.1. The van der Waals surface area contributed by atoms with E-state index in [-0.39, 0.29) is 6.03 Å². The Hall–Kier alpha value is -2.73. The van der Waals surface area contributed by atoms with E-state index >= 15 is 0 Å². The number of urea groups is 1. The summed E-state index contributed by atoms with van der Waals surface area (Å²) >= 11 is 0. The molecule has 1 aliphatic rings. The van der Waals surface area contributed by atoms with E-state index in [0.29, 0.717) is 6.54 Å². The van der Waals surface area contributed by atoms with Crippen LogP contribution in [0.3, 0.4) is 0 Å². The van der Waals surface area contributed by atoms with Crippen LogP contribution in [-0.4, -0.2) is 63.8 Å². The minimum atomic E-state index is -0.148. The second-order valence-corrected chi connectivity index (χ2v) is 7.91. The van der Waals surface area contributed by atoms with Gasteiger partial charge in [0.1, 0.15) is 0 Å². The van der Waals surface area contributed by atoms with Crippen LogP contribution in [0.15, 0.2) is 48.5 Å². The van der Waals surface area contributed by atoms with Crippen molar-refractivity contribution in [2.75, 3.05) is 68.0 Å². The summed E-state index contributed by atoms with van der Waals surface area (Å²) in [5.41, 5.74) is 4.38. The zero-order valence-electron chi connectivity index (χ0n) is 18.5. The number of carbonyl (C=O) groups is 1. The molecule has 0 aliphatic carbocycles. The SMILES string of the molecule is CCN1CCN(c2ccc(NC(=O)NCCCN(C)c3ccccc3)c(C)c2)CC1. The molecule has 6 nitrogen and oxygen atoms in total. The van der Waals surface area contributed by atoms with Crippen LogP contribution in [0.5, 0.6) is 0 Å². The summed E-state index contributed by atoms with van der Waals surface area (Å²) in [7, 11) is 2.07. The predicted octanol–water partition coefficient (Wildman–Crippen LogP) is 3.78. The number of aryl methyl sites for hydroxylation is 1. The number of hydrogen-bond donors (Lipinski definition) is 2. The molecular formula is C24H35N5O. The first kappa shape index (κ1) is 22.0. The van der Waals surface area contributed by atoms with Crippen molar-refractivity contribution in [3.63, 3.8) is 0 Å². The summed E-state index contributed by atoms with van der Waals surface area (Å²) in [6, 6.07) is 16.4. The van der Waals surface area contributed by atoms with Crippen LogP contribution in [0.2, 0.25) is 0 Å². The lowest BCUT2D eigenvalue weighted by Gasteiger charge is -2.35. The summed E-state index contributed by atoms with van der Waals surface area (Å²) in [5.74, 6) is 0. The first-order valence-corrected chi connectivity index (χ1v) is 11.0. The minimum absolute atomic E-state index is 0.148. The van der Waals surface area contributed by atoms with E-state index in [9.17, 15) is 4.79 Å². The molecule has 0 saturated carbocycles. The number of benzene rings is 2. The molecule has 0 atom stereocenters. The number of rotatable bonds is 8. The number of likely N-dealkylation sites (N-methyl/N-ethyl adjacent to an activating group) is 1. The number of carbonyl (C=O) groups excluding carboxylic acids is 1. The van der Waals surface area contributed by atoms with Crippen molar-refractivity contribution < 1.29 is 4.79 Å². The molecule has 0 bridgehead atoms. The molecule has 0 aromatic heterocycles. The minimum Gasteiger partial charge on any atom is -0.375 e. The summed E-state index contributed by atoms with van der Waals surface area (Å²) in [6.45, 7) is 11.2. The van der Waals surface area contributed by atoms with Gasteiger partial charge in [0, 0.05) is 63.4 Å². The Balaban J connectivity index is 1.41. The van der Waals surface area contributed by atoms with E-state index < -0.39 is 0 Å². The van der Waals surface area contributed by atoms with E-state index in [1.54, 1.807) is 0 Å². The maximum absolute atomic E-state index is 12.3. The Kier molecular flexibility index (Phi) is 7.97. The van der Waals surface area contributed by atoms with Gasteiger partial charge in [-0.2, -0.15) is 0 Å². The number of piperazine rings is 1. The Morgan fingerprint density at radius 1 is 1.07 bits per heavy atom. The van der Waals surface area contributed by atoms with Crippen LogP contribution >= 0.6 is 0 Å². The van der Waals surface area contributed by atoms with Crippen molar-refractivity contribution in [1.29, 1.82) is 0 Å². The normalized spacial score (nSPS) is 14.4. The van der Waals surface area contributed by atoms with Crippen LogP contribution < -0.4 is 20.4 Å². The van der Waals surface area contributed by atoms with E-state index in [1.807, 2.05) is 24.3 Å². The van der Waals surface area contributed by atoms with Crippen LogP contribution in [-0.2, 0) is 0 Å². The molecule has 1 heterocycles. The highest BCUT2D eigenvalue weighted by Crippen LogP contribution is 2.23. The van der Waals surface area contributed by atoms with Gasteiger partial charge in [0.25, 0.3) is 0 Å². The number of anilines is 3. The fourth-order valence-corrected chi connectivity index (χ4v) is 3.80. The largest absolute Gasteiger partial charge is 0.375 e. The van der Waals surface area contributed by atoms with E-state index in [1.165, 1.54) is 11.4 Å². The van der Waals surface area contributed by atoms with Crippen molar-refractivity contribution >= 4 is 23.1 Å². The molecule has 1 aliphatic heterocycles. The Morgan fingerprint density at radius 3 is 2.47 bits per heavy atom. The predicted molar refractivity (Wildman–Crippen MR) is 127 cm³/mol. The van der Waals surface area contributed by atoms with Crippen LogP contribution in [0.25, 0.3) is 0 Å². The highest BCUT2D eigenvalue weighted by Gasteiger charge is 2.16. The third kappa shape index (κ3) is 6.13. The van der Waals surface area contributed by atoms with Gasteiger partial charge in [0.15, 0.2) is 0 Å². The van der Waals surface area contributed by atoms with Gasteiger partial charge in [-0.05, 0) is 55.8 Å². The Morgan fingerprint density at radius 2 is 1.80 bits per heavy atom. The second-order valence-electron chi connectivity index (χ2n) is 7.91. The maximum atomic E-state index is 12.3. The van der Waals surface area contributed by atoms with Crippen molar-refractivity contribution in [2.24, 2.45) is 0 Å². The molecule has 1 fully saturated rings. The van der Waals surface area contributed by atoms with Gasteiger partial charge in [-0.25, -0.2) is 4.79 Å². The molecule has 0 unspecified atom stereocenters. The van der Waals surface area contributed by atoms with Crippen molar-refractivity contribution in [3.05, 3.63) is 54.1 Å². The van der Waals surface area contributed by atoms with Gasteiger partial charge >= 0.3 is 6.03 Å². The van der Waals surface area contributed by atoms with E-state index in [0.717, 1.165) is 56.9 Å². The Labute approximate surface area is 180 Å². The second kappa shape index (κ2) is 10.9. The van der Waals surface area contributed by atoms with Crippen molar-refractivity contribution in [3.8, 4) is 0 Å². The molecule has 2 aromatic carbocycles. The van der Waals surface area contributed by atoms with Gasteiger partial charge in [-0.1, -0.05) is 25.1 Å². The molecule has 3 rings (SSSR count). The summed E-state index contributed by atoms with van der Waals surface area (Å²) in [5, 5.41) is 5.95. The smallest absolute Gasteiger partial charge is 0.319 e. The third-order valence-corrected chi connectivity index (χ3v) is 5.80. The van der Waals surface area contributed by atoms with Gasteiger partial charge in [-0.3, -0.25) is 0 Å². The quantitative estimate of drug-likeness (QED) is 0.652. The molecule has 162 valence electrons. The molecule has 6 heteroatoms. The zero-order chi connectivity index (χ0) is 21.3. The highest BCUT2D eigenvalue weighted by atomic mass is 16.2. The lowest BCUT2D eigenvalue weighted by Crippen LogP contribution is -2.46. The lowest BCUT2D eigenvalue weighted by molar-refractivity contribution is 0.252. The highest BCUT2D eigenvalue weighted by molar-refractivity contribution is 5.90. The fourth-order valence-electron chi connectivity index (χ4n) is 3.80. The van der Waals surface area contributed by atoms with Gasteiger partial charge < -0.3 is 25.3 Å². The average molecular weight is 410 g/mol. The van der Waals surface area contributed by atoms with Crippen LogP contribution in [0, 0.1) is 6.92 Å². The van der Waals surface area contributed by atoms with Gasteiger partial charge in [-0.15, -0.1) is 0 Å². The monoisotopic (exact) mass is 409 g/mol. The molecule has 2 aromatic rings. The van der Waals surface area contributed by atoms with E-state index in [2.05, 4.69) is 70.5 Å². The van der Waals surface area contributed by atoms with E-state index in [4.69, 9.17) is 0 Å². The number of nitrogens with zero attached hydrogens (tertiary/aromatic N) is 3. The first-order valence-electron chi connectivity index (χ1n) is 11.0. The number of nitrogens with one attached hydrogen (secondary N) is 2. The molecule has 1 saturated heterocycles. The van der Waals surface area contributed by atoms with Gasteiger partial charge in [0.05, 0.1) is 0 Å². The number of para-hydroxylation sites is 1. The molecule has 30 heavy (non-hydrogen) atoms. The number of hydrogen-bond acceptors (Lipinski definition) is 4. The summed E-state index contributed by atoms with van der Waals surface area (Å²) in [6.07, 6.45) is 0.889. The average Bonchev–Trinajstić information content (AvgIpc) is 2.78. The van der Waals surface area contributed by atoms with Gasteiger partial charge in [0.2, 0.25) is 0 Å². The summed E-state index contributed by atoms with van der Waals surface area (Å²) in [4.78, 5) is 19.4. The zero-order valence-corrected chi connectivity index (χ0v) is 18.5. The maximum Gasteiger partial charge on any atom is 0.319 e. The number of amides is 2. The van der Waals surface area contributed by atoms with Crippen molar-refractivity contribution in [1.82, 2.24) is 10.2 Å². The third-order valence-electron chi connectivity index (χ3n) is 5.80. The van der Waals surface area contributed by atoms with Crippen LogP contribution in [0.1, 0.15) is 18.9 Å². The molecule has 2 amide bonds. The summed E-state index contributed by atoms with van der Waals surface area (Å²) < 4.78 is 0. The Bertz CT molecular complexity index is 802. The standard InChI is InChI=1S/C24H35N5O/c1-4-28-15-17-29(18-16-28)22-11-12-23(20(2)19-22)26-24(30)25-13-8-14-27(3)21-9-6-5-7-10-21/h5-7,9-12,19H,4,8,13-18H2,1-3H3,(H2,25,26,30). The molecule has 0 spiro atoms. The molecular weight excluding hydrogens is 374 g/mol.